The summed E-state index contributed by atoms with van der Waals surface area (Å²) >= 11 is 0. The van der Waals surface area contributed by atoms with E-state index in [-0.39, 0.29) is 29.6 Å². The first-order valence-corrected chi connectivity index (χ1v) is 2.72. The number of aliphatic hydroxyl groups is 1. The van der Waals surface area contributed by atoms with Crippen molar-refractivity contribution in [2.75, 3.05) is 6.61 Å². The second kappa shape index (κ2) is 6.84. The quantitative estimate of drug-likeness (QED) is 0.262. The van der Waals surface area contributed by atoms with Gasteiger partial charge < -0.3 is 24.9 Å². The number of carboxylic acids is 2. The van der Waals surface area contributed by atoms with Crippen molar-refractivity contribution in [2.24, 2.45) is 0 Å². The predicted octanol–water partition coefficient (Wildman–Crippen LogP) is -6.27. The van der Waals surface area contributed by atoms with Gasteiger partial charge in [-0.3, -0.25) is 0 Å². The molecule has 0 spiro atoms. The first-order chi connectivity index (χ1) is 5.45. The van der Waals surface area contributed by atoms with Crippen LogP contribution in [0.5, 0.6) is 0 Å². The van der Waals surface area contributed by atoms with Gasteiger partial charge in [0.1, 0.15) is 0 Å². The Morgan fingerprint density at radius 3 is 2.15 bits per heavy atom. The fourth-order valence-electron chi connectivity index (χ4n) is 0.308. The second-order valence-electron chi connectivity index (χ2n) is 1.72. The molecule has 0 fully saturated rings. The zero-order valence-corrected chi connectivity index (χ0v) is 8.72. The van der Waals surface area contributed by atoms with Crippen molar-refractivity contribution in [2.45, 2.75) is 6.10 Å². The minimum Gasteiger partial charge on any atom is -0.547 e. The van der Waals surface area contributed by atoms with Crippen LogP contribution >= 0.6 is 0 Å². The summed E-state index contributed by atoms with van der Waals surface area (Å²) in [6.45, 7) is -0.997. The van der Waals surface area contributed by atoms with Crippen molar-refractivity contribution >= 4 is 17.9 Å². The van der Waals surface area contributed by atoms with Crippen LogP contribution in [0.3, 0.4) is 0 Å². The zero-order valence-electron chi connectivity index (χ0n) is 6.72. The van der Waals surface area contributed by atoms with Gasteiger partial charge in [-0.05, 0) is 0 Å². The van der Waals surface area contributed by atoms with Crippen molar-refractivity contribution in [3.8, 4) is 0 Å². The van der Waals surface area contributed by atoms with E-state index >= 15 is 0 Å². The van der Waals surface area contributed by atoms with Crippen molar-refractivity contribution in [3.63, 3.8) is 0 Å². The van der Waals surface area contributed by atoms with Gasteiger partial charge in [0.15, 0.2) is 12.7 Å². The van der Waals surface area contributed by atoms with Gasteiger partial charge in [0.05, 0.1) is 5.97 Å². The van der Waals surface area contributed by atoms with E-state index in [1.54, 1.807) is 0 Å². The van der Waals surface area contributed by atoms with Crippen LogP contribution in [0.1, 0.15) is 0 Å². The number of carbonyl (C=O) groups is 3. The number of ether oxygens (including phenoxy) is 1. The first-order valence-electron chi connectivity index (χ1n) is 2.72. The molecule has 0 saturated heterocycles. The normalized spacial score (nSPS) is 10.8. The molecule has 0 rings (SSSR count). The molecule has 7 nitrogen and oxygen atoms in total. The minimum absolute atomic E-state index is 0. The third-order valence-corrected chi connectivity index (χ3v) is 0.784. The Morgan fingerprint density at radius 2 is 1.85 bits per heavy atom. The van der Waals surface area contributed by atoms with Crippen LogP contribution in [0.2, 0.25) is 0 Å². The number of carbonyl (C=O) groups excluding carboxylic acids is 2. The molecule has 0 saturated carbocycles. The van der Waals surface area contributed by atoms with Gasteiger partial charge in [-0.1, -0.05) is 0 Å². The molecule has 0 aliphatic carbocycles. The predicted molar refractivity (Wildman–Crippen MR) is 29.6 cm³/mol. The molecule has 0 aliphatic heterocycles. The van der Waals surface area contributed by atoms with E-state index in [2.05, 4.69) is 4.74 Å². The Balaban J connectivity index is 0. The van der Waals surface area contributed by atoms with Gasteiger partial charge in [0.2, 0.25) is 0 Å². The Morgan fingerprint density at radius 1 is 1.38 bits per heavy atom. The van der Waals surface area contributed by atoms with Crippen LogP contribution in [0.25, 0.3) is 0 Å². The summed E-state index contributed by atoms with van der Waals surface area (Å²) in [6, 6.07) is 0. The van der Waals surface area contributed by atoms with Crippen LogP contribution < -0.4 is 34.7 Å². The molecular formula is C5H5NaO7. The molecular weight excluding hydrogens is 195 g/mol. The molecule has 0 aromatic rings. The zero-order chi connectivity index (χ0) is 9.72. The number of esters is 1. The molecule has 8 heteroatoms. The van der Waals surface area contributed by atoms with Crippen LogP contribution in [-0.4, -0.2) is 40.8 Å². The van der Waals surface area contributed by atoms with E-state index in [4.69, 9.17) is 10.2 Å². The third kappa shape index (κ3) is 6.52. The van der Waals surface area contributed by atoms with Gasteiger partial charge in [-0.25, -0.2) is 9.59 Å². The molecule has 0 bridgehead atoms. The fourth-order valence-corrected chi connectivity index (χ4v) is 0.308. The average molecular weight is 200 g/mol. The van der Waals surface area contributed by atoms with Crippen molar-refractivity contribution < 1.29 is 64.0 Å². The Kier molecular flexibility index (Phi) is 7.82. The number of carboxylic acid groups (broad SMARTS) is 2. The molecule has 1 unspecified atom stereocenters. The van der Waals surface area contributed by atoms with E-state index in [1.807, 2.05) is 0 Å². The van der Waals surface area contributed by atoms with E-state index in [0.717, 1.165) is 0 Å². The standard InChI is InChI=1S/C5H6O7.Na/c6-2(7)1-12-5(11)3(8)4(9)10;/h3,8H,1H2,(H,6,7)(H,9,10);/q;+1/p-1. The van der Waals surface area contributed by atoms with Gasteiger partial charge >= 0.3 is 41.5 Å². The van der Waals surface area contributed by atoms with Crippen LogP contribution in [0.4, 0.5) is 0 Å². The van der Waals surface area contributed by atoms with Crippen molar-refractivity contribution in [3.05, 3.63) is 0 Å². The van der Waals surface area contributed by atoms with E-state index in [9.17, 15) is 19.5 Å². The summed E-state index contributed by atoms with van der Waals surface area (Å²) in [5.41, 5.74) is 0. The molecule has 0 aromatic heterocycles. The summed E-state index contributed by atoms with van der Waals surface area (Å²) in [5, 5.41) is 26.1. The Labute approximate surface area is 94.6 Å². The summed E-state index contributed by atoms with van der Waals surface area (Å²) in [5.74, 6) is -5.04. The number of rotatable bonds is 4. The van der Waals surface area contributed by atoms with E-state index in [1.165, 1.54) is 0 Å². The molecule has 0 aliphatic rings. The fraction of sp³-hybridized carbons (Fsp3) is 0.400. The largest absolute Gasteiger partial charge is 1.00 e. The topological polar surface area (TPSA) is 124 Å². The monoisotopic (exact) mass is 200 g/mol. The van der Waals surface area contributed by atoms with Gasteiger partial charge in [0.25, 0.3) is 0 Å². The summed E-state index contributed by atoms with van der Waals surface area (Å²) < 4.78 is 3.82. The summed E-state index contributed by atoms with van der Waals surface area (Å²) in [6.07, 6.45) is -2.44. The molecule has 0 heterocycles. The van der Waals surface area contributed by atoms with Crippen LogP contribution in [0, 0.1) is 0 Å². The van der Waals surface area contributed by atoms with Crippen molar-refractivity contribution in [1.29, 1.82) is 0 Å². The van der Waals surface area contributed by atoms with Gasteiger partial charge in [-0.15, -0.1) is 0 Å². The van der Waals surface area contributed by atoms with Crippen LogP contribution in [-0.2, 0) is 19.1 Å². The molecule has 1 atom stereocenters. The summed E-state index contributed by atoms with van der Waals surface area (Å²) in [4.78, 5) is 29.9. The van der Waals surface area contributed by atoms with E-state index in [0.29, 0.717) is 0 Å². The SMILES string of the molecule is O=C(O)COC(=O)C(O)C(=O)[O-].[Na+]. The maximum atomic E-state index is 10.3. The average Bonchev–Trinajstić information content (AvgIpc) is 1.98. The number of hydrogen-bond donors (Lipinski definition) is 2. The second-order valence-corrected chi connectivity index (χ2v) is 1.72. The van der Waals surface area contributed by atoms with Gasteiger partial charge in [-0.2, -0.15) is 0 Å². The van der Waals surface area contributed by atoms with Crippen molar-refractivity contribution in [1.82, 2.24) is 0 Å². The number of hydrogen-bond acceptors (Lipinski definition) is 6. The smallest absolute Gasteiger partial charge is 0.547 e. The first kappa shape index (κ1) is 14.9. The maximum Gasteiger partial charge on any atom is 1.00 e. The van der Waals surface area contributed by atoms with Crippen LogP contribution in [0.15, 0.2) is 0 Å². The molecule has 68 valence electrons. The van der Waals surface area contributed by atoms with Gasteiger partial charge in [0, 0.05) is 0 Å². The Hall–Kier alpha value is -0.630. The minimum atomic E-state index is -2.44. The van der Waals surface area contributed by atoms with E-state index < -0.39 is 30.6 Å². The Bertz CT molecular complexity index is 213. The third-order valence-electron chi connectivity index (χ3n) is 0.784. The molecule has 2 N–H and O–H groups in total. The summed E-state index contributed by atoms with van der Waals surface area (Å²) in [7, 11) is 0. The molecule has 13 heavy (non-hydrogen) atoms. The number of aliphatic hydroxyl groups excluding tert-OH is 1. The number of aliphatic carboxylic acids is 2. The maximum absolute atomic E-state index is 10.3. The molecule has 0 aromatic carbocycles. The molecule has 0 radical (unpaired) electrons. The molecule has 0 amide bonds.